The van der Waals surface area contributed by atoms with E-state index in [2.05, 4.69) is 20.7 Å². The molecule has 2 rings (SSSR count). The molecule has 0 aliphatic rings. The molecule has 6 heteroatoms. The van der Waals surface area contributed by atoms with Crippen molar-refractivity contribution >= 4 is 31.6 Å². The fourth-order valence-electron chi connectivity index (χ4n) is 1.60. The molecule has 0 heterocycles. The van der Waals surface area contributed by atoms with E-state index in [1.807, 2.05) is 0 Å². The summed E-state index contributed by atoms with van der Waals surface area (Å²) in [5, 5.41) is 0. The Morgan fingerprint density at radius 1 is 1.16 bits per heavy atom. The summed E-state index contributed by atoms with van der Waals surface area (Å²) >= 11 is 3.20. The van der Waals surface area contributed by atoms with Crippen molar-refractivity contribution in [3.8, 4) is 0 Å². The van der Waals surface area contributed by atoms with Crippen LogP contribution in [0.5, 0.6) is 0 Å². The quantitative estimate of drug-likeness (QED) is 0.923. The van der Waals surface area contributed by atoms with Gasteiger partial charge >= 0.3 is 0 Å². The predicted octanol–water partition coefficient (Wildman–Crippen LogP) is 3.70. The maximum Gasteiger partial charge on any atom is 0.263 e. The molecule has 0 saturated carbocycles. The molecule has 0 unspecified atom stereocenters. The largest absolute Gasteiger partial charge is 0.279 e. The average Bonchev–Trinajstić information content (AvgIpc) is 2.33. The summed E-state index contributed by atoms with van der Waals surface area (Å²) in [7, 11) is -3.70. The Morgan fingerprint density at radius 3 is 2.47 bits per heavy atom. The van der Waals surface area contributed by atoms with Gasteiger partial charge in [-0.25, -0.2) is 12.8 Å². The number of hydrogen-bond acceptors (Lipinski definition) is 2. The van der Waals surface area contributed by atoms with Gasteiger partial charge in [-0.2, -0.15) is 0 Å². The van der Waals surface area contributed by atoms with E-state index in [1.54, 1.807) is 25.1 Å². The van der Waals surface area contributed by atoms with Crippen LogP contribution in [0.4, 0.5) is 10.1 Å². The van der Waals surface area contributed by atoms with Crippen molar-refractivity contribution in [2.24, 2.45) is 0 Å². The molecule has 0 amide bonds. The maximum absolute atomic E-state index is 13.0. The number of rotatable bonds is 3. The lowest BCUT2D eigenvalue weighted by Crippen LogP contribution is -2.14. The molecule has 100 valence electrons. The van der Waals surface area contributed by atoms with Gasteiger partial charge in [-0.15, -0.1) is 0 Å². The molecule has 0 aliphatic heterocycles. The SMILES string of the molecule is Cc1cc(F)ccc1NS(=O)(=O)c1ccccc1Br. The third-order valence-electron chi connectivity index (χ3n) is 2.56. The van der Waals surface area contributed by atoms with E-state index in [9.17, 15) is 12.8 Å². The van der Waals surface area contributed by atoms with Crippen molar-refractivity contribution < 1.29 is 12.8 Å². The Kier molecular flexibility index (Phi) is 3.91. The van der Waals surface area contributed by atoms with Gasteiger partial charge in [0.05, 0.1) is 5.69 Å². The number of aryl methyl sites for hydroxylation is 1. The standard InChI is InChI=1S/C13H11BrFNO2S/c1-9-8-10(15)6-7-12(9)16-19(17,18)13-5-3-2-4-11(13)14/h2-8,16H,1H3. The molecule has 0 aromatic heterocycles. The van der Waals surface area contributed by atoms with Crippen molar-refractivity contribution in [2.75, 3.05) is 4.72 Å². The van der Waals surface area contributed by atoms with Crippen LogP contribution in [-0.4, -0.2) is 8.42 Å². The summed E-state index contributed by atoms with van der Waals surface area (Å²) in [6, 6.07) is 10.4. The van der Waals surface area contributed by atoms with Gasteiger partial charge in [-0.05, 0) is 58.7 Å². The zero-order chi connectivity index (χ0) is 14.0. The molecule has 0 atom stereocenters. The Bertz CT molecular complexity index is 716. The molecule has 19 heavy (non-hydrogen) atoms. The average molecular weight is 344 g/mol. The maximum atomic E-state index is 13.0. The Hall–Kier alpha value is -1.40. The molecule has 2 aromatic carbocycles. The minimum absolute atomic E-state index is 0.138. The van der Waals surface area contributed by atoms with Gasteiger partial charge in [0.2, 0.25) is 0 Å². The molecule has 3 nitrogen and oxygen atoms in total. The van der Waals surface area contributed by atoms with Crippen LogP contribution in [0, 0.1) is 12.7 Å². The second kappa shape index (κ2) is 5.30. The van der Waals surface area contributed by atoms with Gasteiger partial charge in [-0.1, -0.05) is 12.1 Å². The number of benzene rings is 2. The van der Waals surface area contributed by atoms with Crippen molar-refractivity contribution in [2.45, 2.75) is 11.8 Å². The molecular formula is C13H11BrFNO2S. The van der Waals surface area contributed by atoms with Crippen LogP contribution in [-0.2, 0) is 10.0 Å². The lowest BCUT2D eigenvalue weighted by Gasteiger charge is -2.11. The smallest absolute Gasteiger partial charge is 0.263 e. The van der Waals surface area contributed by atoms with Crippen molar-refractivity contribution in [3.05, 3.63) is 58.3 Å². The summed E-state index contributed by atoms with van der Waals surface area (Å²) in [5.41, 5.74) is 0.882. The van der Waals surface area contributed by atoms with E-state index >= 15 is 0 Å². The highest BCUT2D eigenvalue weighted by Gasteiger charge is 2.18. The first kappa shape index (κ1) is 14.0. The highest BCUT2D eigenvalue weighted by atomic mass is 79.9. The van der Waals surface area contributed by atoms with Crippen LogP contribution in [0.3, 0.4) is 0 Å². The second-order valence-electron chi connectivity index (χ2n) is 4.00. The molecule has 0 radical (unpaired) electrons. The van der Waals surface area contributed by atoms with Gasteiger partial charge in [0, 0.05) is 4.47 Å². The zero-order valence-electron chi connectivity index (χ0n) is 10.0. The van der Waals surface area contributed by atoms with E-state index in [0.29, 0.717) is 15.7 Å². The van der Waals surface area contributed by atoms with Crippen LogP contribution >= 0.6 is 15.9 Å². The summed E-state index contributed by atoms with van der Waals surface area (Å²) in [5.74, 6) is -0.402. The minimum Gasteiger partial charge on any atom is -0.279 e. The van der Waals surface area contributed by atoms with Crippen LogP contribution < -0.4 is 4.72 Å². The second-order valence-corrected chi connectivity index (χ2v) is 6.50. The summed E-state index contributed by atoms with van der Waals surface area (Å²) in [4.78, 5) is 0.138. The van der Waals surface area contributed by atoms with Gasteiger partial charge in [0.1, 0.15) is 10.7 Å². The van der Waals surface area contributed by atoms with Crippen molar-refractivity contribution in [1.29, 1.82) is 0 Å². The van der Waals surface area contributed by atoms with Crippen molar-refractivity contribution in [1.82, 2.24) is 0 Å². The van der Waals surface area contributed by atoms with E-state index in [0.717, 1.165) is 0 Å². The first-order chi connectivity index (χ1) is 8.90. The molecular weight excluding hydrogens is 333 g/mol. The Balaban J connectivity index is 2.40. The number of nitrogens with one attached hydrogen (secondary N) is 1. The number of sulfonamides is 1. The van der Waals surface area contributed by atoms with Gasteiger partial charge in [0.25, 0.3) is 10.0 Å². The fraction of sp³-hybridized carbons (Fsp3) is 0.0769. The molecule has 2 aromatic rings. The van der Waals surface area contributed by atoms with E-state index in [-0.39, 0.29) is 4.90 Å². The minimum atomic E-state index is -3.70. The van der Waals surface area contributed by atoms with Gasteiger partial charge in [-0.3, -0.25) is 4.72 Å². The summed E-state index contributed by atoms with van der Waals surface area (Å²) in [6.07, 6.45) is 0. The summed E-state index contributed by atoms with van der Waals surface area (Å²) in [6.45, 7) is 1.64. The van der Waals surface area contributed by atoms with Crippen molar-refractivity contribution in [3.63, 3.8) is 0 Å². The molecule has 0 bridgehead atoms. The fourth-order valence-corrected chi connectivity index (χ4v) is 3.74. The van der Waals surface area contributed by atoms with Gasteiger partial charge in [0.15, 0.2) is 0 Å². The predicted molar refractivity (Wildman–Crippen MR) is 76.1 cm³/mol. The third-order valence-corrected chi connectivity index (χ3v) is 4.94. The number of anilines is 1. The third kappa shape index (κ3) is 3.13. The highest BCUT2D eigenvalue weighted by Crippen LogP contribution is 2.25. The topological polar surface area (TPSA) is 46.2 Å². The Morgan fingerprint density at radius 2 is 1.84 bits per heavy atom. The molecule has 1 N–H and O–H groups in total. The lowest BCUT2D eigenvalue weighted by molar-refractivity contribution is 0.600. The van der Waals surface area contributed by atoms with E-state index in [4.69, 9.17) is 0 Å². The Labute approximate surface area is 119 Å². The van der Waals surface area contributed by atoms with E-state index < -0.39 is 15.8 Å². The van der Waals surface area contributed by atoms with E-state index in [1.165, 1.54) is 24.3 Å². The van der Waals surface area contributed by atoms with Crippen LogP contribution in [0.1, 0.15) is 5.56 Å². The number of hydrogen-bond donors (Lipinski definition) is 1. The highest BCUT2D eigenvalue weighted by molar-refractivity contribution is 9.10. The first-order valence-corrected chi connectivity index (χ1v) is 7.71. The number of halogens is 2. The monoisotopic (exact) mass is 343 g/mol. The molecule has 0 aliphatic carbocycles. The van der Waals surface area contributed by atoms with Gasteiger partial charge < -0.3 is 0 Å². The normalized spacial score (nSPS) is 11.3. The van der Waals surface area contributed by atoms with Crippen LogP contribution in [0.15, 0.2) is 51.8 Å². The van der Waals surface area contributed by atoms with Crippen LogP contribution in [0.2, 0.25) is 0 Å². The van der Waals surface area contributed by atoms with Crippen LogP contribution in [0.25, 0.3) is 0 Å². The molecule has 0 fully saturated rings. The molecule has 0 spiro atoms. The lowest BCUT2D eigenvalue weighted by atomic mass is 10.2. The zero-order valence-corrected chi connectivity index (χ0v) is 12.4. The molecule has 0 saturated heterocycles. The summed E-state index contributed by atoms with van der Waals surface area (Å²) < 4.78 is 40.4. The first-order valence-electron chi connectivity index (χ1n) is 5.43.